The van der Waals surface area contributed by atoms with Gasteiger partial charge < -0.3 is 4.42 Å². The SMILES string of the molecule is c1ccc(-c2nc(-c3cc(-c4cccnc4)cc(-c4cc5ccccc5c5ccccc45)c3)cc(-c3cccc4c3oc3ccccc34)n2)cc1. The van der Waals surface area contributed by atoms with E-state index in [0.29, 0.717) is 5.82 Å². The summed E-state index contributed by atoms with van der Waals surface area (Å²) in [6.07, 6.45) is 3.73. The number of para-hydroxylation sites is 2. The molecule has 0 atom stereocenters. The maximum atomic E-state index is 6.49. The number of fused-ring (bicyclic) bond motifs is 6. The molecule has 0 radical (unpaired) electrons. The molecule has 10 rings (SSSR count). The van der Waals surface area contributed by atoms with E-state index >= 15 is 0 Å². The number of rotatable bonds is 5. The van der Waals surface area contributed by atoms with Gasteiger partial charge in [-0.15, -0.1) is 0 Å². The van der Waals surface area contributed by atoms with E-state index in [0.717, 1.165) is 66.7 Å². The summed E-state index contributed by atoms with van der Waals surface area (Å²) in [5.74, 6) is 0.653. The van der Waals surface area contributed by atoms with E-state index in [1.165, 1.54) is 27.1 Å². The lowest BCUT2D eigenvalue weighted by Crippen LogP contribution is -1.97. The average Bonchev–Trinajstić information content (AvgIpc) is 3.60. The van der Waals surface area contributed by atoms with Crippen LogP contribution in [0.4, 0.5) is 0 Å². The first-order chi connectivity index (χ1) is 25.3. The Morgan fingerprint density at radius 3 is 1.94 bits per heavy atom. The van der Waals surface area contributed by atoms with Crippen LogP contribution in [0.5, 0.6) is 0 Å². The van der Waals surface area contributed by atoms with Crippen molar-refractivity contribution < 1.29 is 4.42 Å². The molecule has 7 aromatic carbocycles. The third-order valence-corrected chi connectivity index (χ3v) is 9.74. The van der Waals surface area contributed by atoms with Crippen molar-refractivity contribution >= 4 is 43.5 Å². The van der Waals surface area contributed by atoms with Gasteiger partial charge in [-0.3, -0.25) is 4.98 Å². The Balaban J connectivity index is 1.25. The summed E-state index contributed by atoms with van der Waals surface area (Å²) in [5, 5.41) is 7.03. The summed E-state index contributed by atoms with van der Waals surface area (Å²) in [5.41, 5.74) is 10.5. The van der Waals surface area contributed by atoms with Crippen molar-refractivity contribution in [2.75, 3.05) is 0 Å². The number of furan rings is 1. The molecule has 0 aliphatic rings. The number of benzene rings is 7. The third kappa shape index (κ3) is 5.04. The van der Waals surface area contributed by atoms with Crippen molar-refractivity contribution in [3.8, 4) is 56.2 Å². The molecule has 0 N–H and O–H groups in total. The normalized spacial score (nSPS) is 11.5. The zero-order valence-corrected chi connectivity index (χ0v) is 27.5. The van der Waals surface area contributed by atoms with Crippen LogP contribution in [-0.2, 0) is 0 Å². The molecule has 10 aromatic rings. The van der Waals surface area contributed by atoms with Crippen LogP contribution in [0.15, 0.2) is 181 Å². The summed E-state index contributed by atoms with van der Waals surface area (Å²) < 4.78 is 6.49. The first-order valence-corrected chi connectivity index (χ1v) is 17.1. The highest BCUT2D eigenvalue weighted by Gasteiger charge is 2.18. The molecule has 3 aromatic heterocycles. The smallest absolute Gasteiger partial charge is 0.160 e. The van der Waals surface area contributed by atoms with Crippen LogP contribution in [0.3, 0.4) is 0 Å². The van der Waals surface area contributed by atoms with Crippen molar-refractivity contribution in [1.29, 1.82) is 0 Å². The third-order valence-electron chi connectivity index (χ3n) is 9.74. The number of hydrogen-bond donors (Lipinski definition) is 0. The zero-order valence-electron chi connectivity index (χ0n) is 27.5. The summed E-state index contributed by atoms with van der Waals surface area (Å²) in [6, 6.07) is 57.2. The molecule has 4 nitrogen and oxygen atoms in total. The van der Waals surface area contributed by atoms with Gasteiger partial charge in [0, 0.05) is 45.4 Å². The van der Waals surface area contributed by atoms with Gasteiger partial charge >= 0.3 is 0 Å². The lowest BCUT2D eigenvalue weighted by molar-refractivity contribution is 0.670. The van der Waals surface area contributed by atoms with Gasteiger partial charge in [0.25, 0.3) is 0 Å². The zero-order chi connectivity index (χ0) is 33.7. The standard InChI is InChI=1S/C47H29N3O/c1-2-12-30(13-3-1)47-49-43(28-44(50-47)41-21-10-20-40-39-19-8-9-22-45(39)51-46(40)41)35-25-33(32-15-11-23-48-29-32)24-34(26-35)42-27-31-14-4-5-16-36(31)37-17-6-7-18-38(37)42/h1-29H. The van der Waals surface area contributed by atoms with Crippen LogP contribution in [0.1, 0.15) is 0 Å². The quantitative estimate of drug-likeness (QED) is 0.174. The van der Waals surface area contributed by atoms with E-state index in [2.05, 4.69) is 126 Å². The van der Waals surface area contributed by atoms with E-state index < -0.39 is 0 Å². The second-order valence-corrected chi connectivity index (χ2v) is 12.8. The summed E-state index contributed by atoms with van der Waals surface area (Å²) in [4.78, 5) is 14.9. The van der Waals surface area contributed by atoms with Crippen molar-refractivity contribution in [2.24, 2.45) is 0 Å². The fourth-order valence-corrected chi connectivity index (χ4v) is 7.32. The molecule has 0 saturated heterocycles. The highest BCUT2D eigenvalue weighted by molar-refractivity contribution is 6.14. The van der Waals surface area contributed by atoms with Crippen molar-refractivity contribution in [3.63, 3.8) is 0 Å². The molecule has 0 spiro atoms. The Hall–Kier alpha value is -6.91. The Morgan fingerprint density at radius 1 is 0.392 bits per heavy atom. The van der Waals surface area contributed by atoms with Gasteiger partial charge in [0.15, 0.2) is 5.82 Å². The first-order valence-electron chi connectivity index (χ1n) is 17.1. The Kier molecular flexibility index (Phi) is 6.78. The molecule has 0 saturated carbocycles. The summed E-state index contributed by atoms with van der Waals surface area (Å²) >= 11 is 0. The molecule has 0 fully saturated rings. The monoisotopic (exact) mass is 651 g/mol. The molecule has 51 heavy (non-hydrogen) atoms. The number of aromatic nitrogens is 3. The predicted molar refractivity (Wildman–Crippen MR) is 209 cm³/mol. The van der Waals surface area contributed by atoms with E-state index in [9.17, 15) is 0 Å². The highest BCUT2D eigenvalue weighted by Crippen LogP contribution is 2.41. The maximum absolute atomic E-state index is 6.49. The fraction of sp³-hybridized carbons (Fsp3) is 0. The lowest BCUT2D eigenvalue weighted by Gasteiger charge is -2.15. The molecule has 0 amide bonds. The van der Waals surface area contributed by atoms with Crippen LogP contribution in [0.2, 0.25) is 0 Å². The van der Waals surface area contributed by atoms with Gasteiger partial charge in [-0.1, -0.05) is 115 Å². The molecule has 4 heteroatoms. The van der Waals surface area contributed by atoms with Crippen molar-refractivity contribution in [3.05, 3.63) is 176 Å². The molecule has 0 bridgehead atoms. The van der Waals surface area contributed by atoms with Crippen LogP contribution in [0.25, 0.3) is 99.6 Å². The topological polar surface area (TPSA) is 51.8 Å². The molecule has 0 unspecified atom stereocenters. The molecule has 3 heterocycles. The van der Waals surface area contributed by atoms with Gasteiger partial charge in [0.05, 0.1) is 11.4 Å². The minimum absolute atomic E-state index is 0.653. The minimum Gasteiger partial charge on any atom is -0.455 e. The number of pyridine rings is 1. The average molecular weight is 652 g/mol. The van der Waals surface area contributed by atoms with E-state index in [4.69, 9.17) is 14.4 Å². The largest absolute Gasteiger partial charge is 0.455 e. The second-order valence-electron chi connectivity index (χ2n) is 12.8. The molecule has 238 valence electrons. The molecular formula is C47H29N3O. The number of hydrogen-bond acceptors (Lipinski definition) is 4. The van der Waals surface area contributed by atoms with E-state index in [1.54, 1.807) is 0 Å². The van der Waals surface area contributed by atoms with Gasteiger partial charge in [0.1, 0.15) is 11.2 Å². The first kappa shape index (κ1) is 29.0. The van der Waals surface area contributed by atoms with E-state index in [-0.39, 0.29) is 0 Å². The molecule has 0 aliphatic heterocycles. The van der Waals surface area contributed by atoms with Crippen LogP contribution < -0.4 is 0 Å². The van der Waals surface area contributed by atoms with Gasteiger partial charge in [-0.05, 0) is 86.8 Å². The fourth-order valence-electron chi connectivity index (χ4n) is 7.32. The lowest BCUT2D eigenvalue weighted by atomic mass is 9.90. The highest BCUT2D eigenvalue weighted by atomic mass is 16.3. The summed E-state index contributed by atoms with van der Waals surface area (Å²) in [7, 11) is 0. The molecule has 0 aliphatic carbocycles. The van der Waals surface area contributed by atoms with Gasteiger partial charge in [-0.25, -0.2) is 9.97 Å². The maximum Gasteiger partial charge on any atom is 0.160 e. The van der Waals surface area contributed by atoms with Gasteiger partial charge in [-0.2, -0.15) is 0 Å². The Bertz CT molecular complexity index is 2910. The predicted octanol–water partition coefficient (Wildman–Crippen LogP) is 12.4. The Labute approximate surface area is 294 Å². The number of nitrogens with zero attached hydrogens (tertiary/aromatic N) is 3. The minimum atomic E-state index is 0.653. The van der Waals surface area contributed by atoms with Crippen LogP contribution in [-0.4, -0.2) is 15.0 Å². The van der Waals surface area contributed by atoms with Crippen molar-refractivity contribution in [2.45, 2.75) is 0 Å². The van der Waals surface area contributed by atoms with E-state index in [1.807, 2.05) is 54.9 Å². The van der Waals surface area contributed by atoms with Crippen LogP contribution >= 0.6 is 0 Å². The van der Waals surface area contributed by atoms with Gasteiger partial charge in [0.2, 0.25) is 0 Å². The van der Waals surface area contributed by atoms with Crippen LogP contribution in [0, 0.1) is 0 Å². The molecular weight excluding hydrogens is 623 g/mol. The van der Waals surface area contributed by atoms with Crippen molar-refractivity contribution in [1.82, 2.24) is 15.0 Å². The second kappa shape index (κ2) is 11.9. The Morgan fingerprint density at radius 2 is 1.08 bits per heavy atom. The summed E-state index contributed by atoms with van der Waals surface area (Å²) in [6.45, 7) is 0.